The highest BCUT2D eigenvalue weighted by molar-refractivity contribution is 7.89. The molecule has 4 aromatic rings. The number of ether oxygens (including phenoxy) is 4. The maximum atomic E-state index is 12.4. The summed E-state index contributed by atoms with van der Waals surface area (Å²) in [5, 5.41) is 0. The highest BCUT2D eigenvalue weighted by Crippen LogP contribution is 2.38. The van der Waals surface area contributed by atoms with Gasteiger partial charge in [0.2, 0.25) is 20.0 Å². The Morgan fingerprint density at radius 3 is 1.68 bits per heavy atom. The summed E-state index contributed by atoms with van der Waals surface area (Å²) in [7, 11) is -7.03. The van der Waals surface area contributed by atoms with E-state index in [4.69, 9.17) is 47.0 Å². The Morgan fingerprint density at radius 2 is 1.14 bits per heavy atom. The van der Waals surface area contributed by atoms with Gasteiger partial charge in [-0.05, 0) is 90.9 Å². The maximum Gasteiger partial charge on any atom is 0.311 e. The summed E-state index contributed by atoms with van der Waals surface area (Å²) in [6, 6.07) is 30.1. The summed E-state index contributed by atoms with van der Waals surface area (Å²) in [5.41, 5.74) is 3.98. The van der Waals surface area contributed by atoms with E-state index in [1.165, 1.54) is 0 Å². The summed E-state index contributed by atoms with van der Waals surface area (Å²) in [5.74, 6) is 2.43. The molecule has 13 nitrogen and oxygen atoms in total. The number of nitrogens with one attached hydrogen (secondary N) is 2. The molecule has 17 heteroatoms. The van der Waals surface area contributed by atoms with Crippen LogP contribution in [0.4, 0.5) is 0 Å². The molecule has 0 aromatic heterocycles. The van der Waals surface area contributed by atoms with E-state index in [0.29, 0.717) is 66.4 Å². The minimum absolute atomic E-state index is 0.274. The second kappa shape index (κ2) is 23.3. The number of carbonyl (C=O) groups is 2. The summed E-state index contributed by atoms with van der Waals surface area (Å²) in [6.07, 6.45) is 3.36. The molecule has 0 amide bonds. The van der Waals surface area contributed by atoms with Crippen LogP contribution in [0, 0.1) is 13.0 Å². The lowest BCUT2D eigenvalue weighted by atomic mass is 9.75. The van der Waals surface area contributed by atoms with Crippen LogP contribution in [0.3, 0.4) is 0 Å². The Hall–Kier alpha value is -4.69. The average Bonchev–Trinajstić information content (AvgIpc) is 3.23. The van der Waals surface area contributed by atoms with Gasteiger partial charge in [0.1, 0.15) is 41.8 Å². The number of hydrogen-bond donors (Lipinski definition) is 2. The number of sulfonamides is 2. The van der Waals surface area contributed by atoms with Gasteiger partial charge >= 0.3 is 6.07 Å². The van der Waals surface area contributed by atoms with Gasteiger partial charge in [-0.15, -0.1) is 23.2 Å². The predicted molar refractivity (Wildman–Crippen MR) is 249 cm³/mol. The molecule has 0 saturated carbocycles. The third-order valence-electron chi connectivity index (χ3n) is 10.1. The molecule has 340 valence electrons. The lowest BCUT2D eigenvalue weighted by Crippen LogP contribution is -2.31. The Balaban J connectivity index is 1.68. The lowest BCUT2D eigenvalue weighted by Gasteiger charge is -2.27. The Bertz CT molecular complexity index is 2470. The molecule has 4 aromatic carbocycles. The van der Waals surface area contributed by atoms with Crippen molar-refractivity contribution in [1.29, 1.82) is 0 Å². The van der Waals surface area contributed by atoms with Gasteiger partial charge in [-0.3, -0.25) is 9.59 Å². The first kappa shape index (κ1) is 50.9. The smallest absolute Gasteiger partial charge is 0.311 e. The highest BCUT2D eigenvalue weighted by atomic mass is 35.5. The van der Waals surface area contributed by atoms with Crippen molar-refractivity contribution in [1.82, 2.24) is 9.44 Å². The quantitative estimate of drug-likeness (QED) is 0.0521. The van der Waals surface area contributed by atoms with Crippen LogP contribution in [0.25, 0.3) is 4.85 Å². The number of nitrogens with zero attached hydrogens (tertiary/aromatic N) is 1. The van der Waals surface area contributed by atoms with Crippen LogP contribution in [-0.4, -0.2) is 98.7 Å². The SMILES string of the molecule is Cc1cc(C(C)(C[N+]#Cc2cc(OCCCCl)ccc2C(C)(C)c2ccc(OCC(=O)CNS(C)(=O)=O)cc2)c2ccc(OCCCCl)cc2)ccc1OCC(=O)CNS(C)(=O)=O. The fourth-order valence-corrected chi connectivity index (χ4v) is 7.48. The fraction of sp³-hybridized carbons (Fsp3) is 0.413. The zero-order chi connectivity index (χ0) is 46.3. The van der Waals surface area contributed by atoms with E-state index in [1.54, 1.807) is 18.2 Å². The first-order chi connectivity index (χ1) is 29.7. The number of rotatable bonds is 25. The summed E-state index contributed by atoms with van der Waals surface area (Å²) >= 11 is 11.8. The first-order valence-electron chi connectivity index (χ1n) is 20.2. The van der Waals surface area contributed by atoms with E-state index >= 15 is 0 Å². The summed E-state index contributed by atoms with van der Waals surface area (Å²) in [6.45, 7) is 8.03. The third kappa shape index (κ3) is 16.1. The molecule has 4 rings (SSSR count). The van der Waals surface area contributed by atoms with Gasteiger partial charge in [0.15, 0.2) is 11.6 Å². The van der Waals surface area contributed by atoms with Crippen molar-refractivity contribution < 1.29 is 45.4 Å². The van der Waals surface area contributed by atoms with Crippen molar-refractivity contribution in [2.75, 3.05) is 70.3 Å². The number of Topliss-reactive ketones (excluding diaryl/α,β-unsaturated/α-hetero) is 2. The van der Waals surface area contributed by atoms with Gasteiger partial charge in [-0.25, -0.2) is 26.3 Å². The van der Waals surface area contributed by atoms with Gasteiger partial charge in [0, 0.05) is 23.2 Å². The minimum Gasteiger partial charge on any atom is -0.494 e. The largest absolute Gasteiger partial charge is 0.494 e. The Labute approximate surface area is 381 Å². The summed E-state index contributed by atoms with van der Waals surface area (Å²) < 4.78 is 73.3. The normalized spacial score (nSPS) is 12.7. The summed E-state index contributed by atoms with van der Waals surface area (Å²) in [4.78, 5) is 29.5. The average molecular weight is 946 g/mol. The molecule has 0 aliphatic carbocycles. The zero-order valence-corrected chi connectivity index (χ0v) is 39.6. The standard InChI is InChI=1S/C46H56Cl2N3O10S2/c1-33-25-37(13-20-44(33)61-31-39(53)29-51-63(6,56)57)46(4,36-11-16-40(17-12-36)58-23-7-21-47)32-49-27-34-26-42(59-24-8-22-48)18-19-43(34)45(2,3)35-9-14-41(15-10-35)60-30-38(52)28-50-62(5,54)55/h9-20,25-26,50-51H,7-8,21-24,28-32H2,1-6H3/q+1. The van der Waals surface area contributed by atoms with Crippen LogP contribution in [0.1, 0.15) is 67.0 Å². The molecule has 0 fully saturated rings. The van der Waals surface area contributed by atoms with Crippen LogP contribution in [0.15, 0.2) is 84.9 Å². The van der Waals surface area contributed by atoms with Crippen LogP contribution >= 0.6 is 23.2 Å². The van der Waals surface area contributed by atoms with E-state index in [9.17, 15) is 26.4 Å². The molecular formula is C46H56Cl2N3O10S2+. The molecule has 1 unspecified atom stereocenters. The van der Waals surface area contributed by atoms with Gasteiger partial charge in [-0.2, -0.15) is 0 Å². The predicted octanol–water partition coefficient (Wildman–Crippen LogP) is 7.02. The highest BCUT2D eigenvalue weighted by Gasteiger charge is 2.35. The number of aryl methyl sites for hydroxylation is 1. The maximum absolute atomic E-state index is 12.4. The van der Waals surface area contributed by atoms with Crippen LogP contribution in [0.2, 0.25) is 0 Å². The molecule has 0 saturated heterocycles. The molecule has 0 aliphatic rings. The number of hydrogen-bond acceptors (Lipinski definition) is 10. The number of carbonyl (C=O) groups excluding carboxylic acids is 2. The van der Waals surface area contributed by atoms with Crippen molar-refractivity contribution >= 4 is 54.8 Å². The van der Waals surface area contributed by atoms with E-state index in [0.717, 1.165) is 40.3 Å². The van der Waals surface area contributed by atoms with Crippen molar-refractivity contribution in [3.05, 3.63) is 123 Å². The zero-order valence-electron chi connectivity index (χ0n) is 36.5. The topological polar surface area (TPSA) is 168 Å². The van der Waals surface area contributed by atoms with Crippen molar-refractivity contribution in [3.63, 3.8) is 0 Å². The van der Waals surface area contributed by atoms with Crippen molar-refractivity contribution in [2.24, 2.45) is 0 Å². The minimum atomic E-state index is -3.52. The monoisotopic (exact) mass is 944 g/mol. The molecule has 2 N–H and O–H groups in total. The van der Waals surface area contributed by atoms with Crippen molar-refractivity contribution in [3.8, 4) is 29.1 Å². The Kier molecular flexibility index (Phi) is 18.8. The van der Waals surface area contributed by atoms with E-state index < -0.39 is 42.4 Å². The van der Waals surface area contributed by atoms with E-state index in [2.05, 4.69) is 36.3 Å². The van der Waals surface area contributed by atoms with Crippen LogP contribution < -0.4 is 28.4 Å². The molecule has 1 atom stereocenters. The molecule has 0 heterocycles. The van der Waals surface area contributed by atoms with Crippen molar-refractivity contribution in [2.45, 2.75) is 51.4 Å². The van der Waals surface area contributed by atoms with Gasteiger partial charge < -0.3 is 18.9 Å². The molecule has 63 heavy (non-hydrogen) atoms. The van der Waals surface area contributed by atoms with Crippen LogP contribution in [0.5, 0.6) is 23.0 Å². The number of ketones is 2. The van der Waals surface area contributed by atoms with Crippen LogP contribution in [-0.2, 0) is 40.5 Å². The van der Waals surface area contributed by atoms with E-state index in [1.807, 2.05) is 73.7 Å². The van der Waals surface area contributed by atoms with Gasteiger partial charge in [-0.1, -0.05) is 61.2 Å². The number of benzene rings is 4. The molecule has 0 aliphatic heterocycles. The lowest BCUT2D eigenvalue weighted by molar-refractivity contribution is -0.120. The second-order valence-electron chi connectivity index (χ2n) is 15.7. The third-order valence-corrected chi connectivity index (χ3v) is 12.0. The number of halogens is 2. The molecule has 0 spiro atoms. The van der Waals surface area contributed by atoms with E-state index in [-0.39, 0.29) is 32.8 Å². The molecular weight excluding hydrogens is 890 g/mol. The molecule has 0 radical (unpaired) electrons. The van der Waals surface area contributed by atoms with Gasteiger partial charge in [0.25, 0.3) is 6.54 Å². The first-order valence-corrected chi connectivity index (χ1v) is 25.0. The van der Waals surface area contributed by atoms with Gasteiger partial charge in [0.05, 0.1) is 44.2 Å². The second-order valence-corrected chi connectivity index (χ2v) is 20.2. The number of alkyl halides is 2. The molecule has 0 bridgehead atoms. The Morgan fingerprint density at radius 1 is 0.651 bits per heavy atom. The fourth-order valence-electron chi connectivity index (χ4n) is 6.42.